The third-order valence-corrected chi connectivity index (χ3v) is 2.62. The predicted octanol–water partition coefficient (Wildman–Crippen LogP) is -0.607. The van der Waals surface area contributed by atoms with Crippen LogP contribution in [-0.4, -0.2) is 54.0 Å². The lowest BCUT2D eigenvalue weighted by Crippen LogP contribution is -2.61. The van der Waals surface area contributed by atoms with E-state index in [1.54, 1.807) is 4.90 Å². The van der Waals surface area contributed by atoms with E-state index in [1.165, 1.54) is 0 Å². The zero-order chi connectivity index (χ0) is 12.3. The fourth-order valence-corrected chi connectivity index (χ4v) is 1.82. The summed E-state index contributed by atoms with van der Waals surface area (Å²) in [4.78, 5) is 24.4. The lowest BCUT2D eigenvalue weighted by atomic mass is 9.93. The van der Waals surface area contributed by atoms with Crippen LogP contribution in [0.15, 0.2) is 0 Å². The van der Waals surface area contributed by atoms with Crippen molar-refractivity contribution in [2.75, 3.05) is 19.7 Å². The van der Waals surface area contributed by atoms with Crippen LogP contribution in [0, 0.1) is 5.41 Å². The van der Waals surface area contributed by atoms with Crippen LogP contribution in [0.1, 0.15) is 20.8 Å². The highest BCUT2D eigenvalue weighted by Gasteiger charge is 2.33. The molecule has 16 heavy (non-hydrogen) atoms. The number of amides is 1. The van der Waals surface area contributed by atoms with Crippen LogP contribution in [-0.2, 0) is 9.59 Å². The number of piperazine rings is 1. The number of nitrogens with one attached hydrogen (secondary N) is 1. The van der Waals surface area contributed by atoms with E-state index in [-0.39, 0.29) is 24.6 Å². The highest BCUT2D eigenvalue weighted by atomic mass is 16.3. The summed E-state index contributed by atoms with van der Waals surface area (Å²) >= 11 is 0. The summed E-state index contributed by atoms with van der Waals surface area (Å²) in [6.45, 7) is 6.31. The number of hydrogen-bond acceptors (Lipinski definition) is 4. The van der Waals surface area contributed by atoms with Crippen LogP contribution in [0.2, 0.25) is 0 Å². The lowest BCUT2D eigenvalue weighted by molar-refractivity contribution is -0.142. The highest BCUT2D eigenvalue weighted by molar-refractivity contribution is 5.82. The average Bonchev–Trinajstić information content (AvgIpc) is 2.26. The van der Waals surface area contributed by atoms with E-state index >= 15 is 0 Å². The number of nitrogens with zero attached hydrogens (tertiary/aromatic N) is 1. The summed E-state index contributed by atoms with van der Waals surface area (Å²) in [5, 5.41) is 12.1. The standard InChI is InChI=1S/C11H20N2O3/c1-11(2,3)10(16)13-4-8(6-14)12-9(5-13)7-15/h6,8-9,12,15H,4-5,7H2,1-3H3/t8?,9-/m0/s1. The number of aliphatic hydroxyl groups excluding tert-OH is 1. The van der Waals surface area contributed by atoms with Crippen molar-refractivity contribution in [3.8, 4) is 0 Å². The molecule has 5 nitrogen and oxygen atoms in total. The minimum atomic E-state index is -0.454. The van der Waals surface area contributed by atoms with E-state index in [1.807, 2.05) is 20.8 Å². The van der Waals surface area contributed by atoms with Gasteiger partial charge in [0.2, 0.25) is 5.91 Å². The smallest absolute Gasteiger partial charge is 0.228 e. The van der Waals surface area contributed by atoms with Crippen LogP contribution < -0.4 is 5.32 Å². The molecule has 0 spiro atoms. The number of rotatable bonds is 2. The van der Waals surface area contributed by atoms with E-state index in [0.717, 1.165) is 6.29 Å². The molecular formula is C11H20N2O3. The molecule has 1 unspecified atom stereocenters. The third kappa shape index (κ3) is 3.02. The van der Waals surface area contributed by atoms with Gasteiger partial charge in [-0.25, -0.2) is 0 Å². The molecule has 0 aromatic carbocycles. The van der Waals surface area contributed by atoms with Gasteiger partial charge in [-0.3, -0.25) is 10.1 Å². The Hall–Kier alpha value is -0.940. The largest absolute Gasteiger partial charge is 0.395 e. The Kier molecular flexibility index (Phi) is 4.04. The van der Waals surface area contributed by atoms with E-state index in [0.29, 0.717) is 13.1 Å². The zero-order valence-corrected chi connectivity index (χ0v) is 10.1. The molecule has 92 valence electrons. The number of hydrogen-bond donors (Lipinski definition) is 2. The molecule has 1 aliphatic heterocycles. The summed E-state index contributed by atoms with van der Waals surface area (Å²) in [5.41, 5.74) is -0.454. The lowest BCUT2D eigenvalue weighted by Gasteiger charge is -2.39. The van der Waals surface area contributed by atoms with Gasteiger partial charge in [0.05, 0.1) is 12.6 Å². The summed E-state index contributed by atoms with van der Waals surface area (Å²) in [5.74, 6) is 0.0132. The molecule has 0 aliphatic carbocycles. The molecule has 2 N–H and O–H groups in total. The normalized spacial score (nSPS) is 26.6. The van der Waals surface area contributed by atoms with Crippen LogP contribution in [0.5, 0.6) is 0 Å². The second-order valence-electron chi connectivity index (χ2n) is 5.25. The molecule has 1 amide bonds. The van der Waals surface area contributed by atoms with E-state index < -0.39 is 5.41 Å². The van der Waals surface area contributed by atoms with Crippen molar-refractivity contribution in [2.45, 2.75) is 32.9 Å². The van der Waals surface area contributed by atoms with E-state index in [2.05, 4.69) is 5.32 Å². The quantitative estimate of drug-likeness (QED) is 0.619. The zero-order valence-electron chi connectivity index (χ0n) is 10.1. The topological polar surface area (TPSA) is 69.6 Å². The molecule has 0 aromatic rings. The highest BCUT2D eigenvalue weighted by Crippen LogP contribution is 2.19. The van der Waals surface area contributed by atoms with Crippen molar-refractivity contribution in [3.63, 3.8) is 0 Å². The molecule has 1 saturated heterocycles. The minimum absolute atomic E-state index is 0.0132. The predicted molar refractivity (Wildman–Crippen MR) is 59.9 cm³/mol. The van der Waals surface area contributed by atoms with E-state index in [4.69, 9.17) is 5.11 Å². The van der Waals surface area contributed by atoms with Crippen molar-refractivity contribution in [3.05, 3.63) is 0 Å². The van der Waals surface area contributed by atoms with Crippen molar-refractivity contribution in [1.82, 2.24) is 10.2 Å². The molecule has 1 fully saturated rings. The first kappa shape index (κ1) is 13.1. The average molecular weight is 228 g/mol. The molecule has 0 saturated carbocycles. The van der Waals surface area contributed by atoms with Crippen molar-refractivity contribution in [2.24, 2.45) is 5.41 Å². The first-order valence-electron chi connectivity index (χ1n) is 5.50. The Balaban J connectivity index is 2.73. The van der Waals surface area contributed by atoms with Gasteiger partial charge in [0.1, 0.15) is 6.29 Å². The summed E-state index contributed by atoms with van der Waals surface area (Å²) in [6.07, 6.45) is 0.782. The molecule has 0 aromatic heterocycles. The summed E-state index contributed by atoms with van der Waals surface area (Å²) in [6, 6.07) is -0.590. The number of aliphatic hydroxyl groups is 1. The summed E-state index contributed by atoms with van der Waals surface area (Å²) in [7, 11) is 0. The Morgan fingerprint density at radius 2 is 2.12 bits per heavy atom. The van der Waals surface area contributed by atoms with Gasteiger partial charge >= 0.3 is 0 Å². The van der Waals surface area contributed by atoms with Gasteiger partial charge in [0.15, 0.2) is 0 Å². The van der Waals surface area contributed by atoms with Crippen LogP contribution in [0.3, 0.4) is 0 Å². The van der Waals surface area contributed by atoms with Gasteiger partial charge in [-0.2, -0.15) is 0 Å². The van der Waals surface area contributed by atoms with Crippen LogP contribution >= 0.6 is 0 Å². The van der Waals surface area contributed by atoms with Crippen molar-refractivity contribution >= 4 is 12.2 Å². The van der Waals surface area contributed by atoms with Gasteiger partial charge in [0.25, 0.3) is 0 Å². The maximum atomic E-state index is 12.0. The Morgan fingerprint density at radius 3 is 2.56 bits per heavy atom. The molecule has 5 heteroatoms. The molecule has 0 radical (unpaired) electrons. The third-order valence-electron chi connectivity index (χ3n) is 2.62. The molecule has 1 rings (SSSR count). The van der Waals surface area contributed by atoms with Crippen molar-refractivity contribution in [1.29, 1.82) is 0 Å². The number of carbonyl (C=O) groups is 2. The number of carbonyl (C=O) groups excluding carboxylic acids is 2. The Morgan fingerprint density at radius 1 is 1.50 bits per heavy atom. The fraction of sp³-hybridized carbons (Fsp3) is 0.818. The maximum absolute atomic E-state index is 12.0. The first-order chi connectivity index (χ1) is 7.38. The number of aldehydes is 1. The Labute approximate surface area is 95.8 Å². The van der Waals surface area contributed by atoms with Gasteiger partial charge in [0, 0.05) is 24.5 Å². The monoisotopic (exact) mass is 228 g/mol. The SMILES string of the molecule is CC(C)(C)C(=O)N1CC(C=O)N[C@H](CO)C1. The Bertz CT molecular complexity index is 273. The van der Waals surface area contributed by atoms with Crippen LogP contribution in [0.25, 0.3) is 0 Å². The first-order valence-corrected chi connectivity index (χ1v) is 5.50. The molecule has 0 bridgehead atoms. The molecular weight excluding hydrogens is 208 g/mol. The van der Waals surface area contributed by atoms with Gasteiger partial charge < -0.3 is 14.8 Å². The van der Waals surface area contributed by atoms with Crippen LogP contribution in [0.4, 0.5) is 0 Å². The second kappa shape index (κ2) is 4.93. The maximum Gasteiger partial charge on any atom is 0.228 e. The van der Waals surface area contributed by atoms with Gasteiger partial charge in [-0.05, 0) is 0 Å². The minimum Gasteiger partial charge on any atom is -0.395 e. The molecule has 1 aliphatic rings. The summed E-state index contributed by atoms with van der Waals surface area (Å²) < 4.78 is 0. The second-order valence-corrected chi connectivity index (χ2v) is 5.25. The molecule has 2 atom stereocenters. The molecule has 1 heterocycles. The van der Waals surface area contributed by atoms with Gasteiger partial charge in [-0.15, -0.1) is 0 Å². The van der Waals surface area contributed by atoms with Crippen molar-refractivity contribution < 1.29 is 14.7 Å². The van der Waals surface area contributed by atoms with Gasteiger partial charge in [-0.1, -0.05) is 20.8 Å². The van der Waals surface area contributed by atoms with E-state index in [9.17, 15) is 9.59 Å². The fourth-order valence-electron chi connectivity index (χ4n) is 1.82.